The first-order valence-electron chi connectivity index (χ1n) is 9.82. The summed E-state index contributed by atoms with van der Waals surface area (Å²) < 4.78 is 1.90. The largest absolute Gasteiger partial charge is 0.330 e. The number of imidazole rings is 1. The molecule has 1 atom stereocenters. The molecule has 0 aliphatic carbocycles. The first-order valence-corrected chi connectivity index (χ1v) is 10.2. The SMILES string of the molecule is C[C@@H]1CN(C(=O)/C=C/CN2CCC2)Cc2ncc(C(=O)Nc3ccccc3Cl)n21. The van der Waals surface area contributed by atoms with E-state index in [1.165, 1.54) is 6.42 Å². The zero-order valence-electron chi connectivity index (χ0n) is 16.3. The molecule has 8 heteroatoms. The highest BCUT2D eigenvalue weighted by atomic mass is 35.5. The Morgan fingerprint density at radius 3 is 2.83 bits per heavy atom. The molecule has 1 fully saturated rings. The van der Waals surface area contributed by atoms with Gasteiger partial charge in [-0.25, -0.2) is 4.98 Å². The number of fused-ring (bicyclic) bond motifs is 1. The van der Waals surface area contributed by atoms with Crippen molar-refractivity contribution in [2.24, 2.45) is 0 Å². The van der Waals surface area contributed by atoms with Crippen LogP contribution in [0.3, 0.4) is 0 Å². The highest BCUT2D eigenvalue weighted by molar-refractivity contribution is 6.33. The van der Waals surface area contributed by atoms with Crippen LogP contribution in [0.15, 0.2) is 42.6 Å². The molecule has 0 spiro atoms. The molecule has 2 amide bonds. The van der Waals surface area contributed by atoms with Crippen molar-refractivity contribution in [3.05, 3.63) is 59.2 Å². The van der Waals surface area contributed by atoms with E-state index in [1.54, 1.807) is 29.3 Å². The number of hydrogen-bond donors (Lipinski definition) is 1. The van der Waals surface area contributed by atoms with Gasteiger partial charge in [0.05, 0.1) is 29.5 Å². The summed E-state index contributed by atoms with van der Waals surface area (Å²) >= 11 is 6.14. The summed E-state index contributed by atoms with van der Waals surface area (Å²) in [6.07, 6.45) is 6.37. The Morgan fingerprint density at radius 1 is 1.31 bits per heavy atom. The Hall–Kier alpha value is -2.64. The summed E-state index contributed by atoms with van der Waals surface area (Å²) in [5.41, 5.74) is 1.02. The summed E-state index contributed by atoms with van der Waals surface area (Å²) in [5, 5.41) is 3.32. The number of nitrogens with one attached hydrogen (secondary N) is 1. The fourth-order valence-corrected chi connectivity index (χ4v) is 3.88. The van der Waals surface area contributed by atoms with Crippen LogP contribution in [-0.2, 0) is 11.3 Å². The van der Waals surface area contributed by atoms with Gasteiger partial charge >= 0.3 is 0 Å². The van der Waals surface area contributed by atoms with E-state index in [-0.39, 0.29) is 17.9 Å². The van der Waals surface area contributed by atoms with Gasteiger partial charge in [-0.15, -0.1) is 0 Å². The van der Waals surface area contributed by atoms with E-state index < -0.39 is 0 Å². The van der Waals surface area contributed by atoms with Crippen molar-refractivity contribution < 1.29 is 9.59 Å². The normalized spacial score (nSPS) is 19.1. The van der Waals surface area contributed by atoms with Crippen LogP contribution in [0.1, 0.15) is 35.7 Å². The average molecular weight is 414 g/mol. The number of carbonyl (C=O) groups is 2. The number of para-hydroxylation sites is 1. The molecule has 1 N–H and O–H groups in total. The van der Waals surface area contributed by atoms with Gasteiger partial charge in [0.25, 0.3) is 5.91 Å². The third-order valence-corrected chi connectivity index (χ3v) is 5.70. The summed E-state index contributed by atoms with van der Waals surface area (Å²) in [5.74, 6) is 0.421. The monoisotopic (exact) mass is 413 g/mol. The van der Waals surface area contributed by atoms with Crippen molar-refractivity contribution in [3.8, 4) is 0 Å². The molecule has 0 saturated carbocycles. The zero-order chi connectivity index (χ0) is 20.4. The topological polar surface area (TPSA) is 70.5 Å². The molecular formula is C21H24ClN5O2. The van der Waals surface area contributed by atoms with Gasteiger partial charge in [-0.3, -0.25) is 14.5 Å². The second-order valence-corrected chi connectivity index (χ2v) is 7.90. The van der Waals surface area contributed by atoms with E-state index in [0.29, 0.717) is 35.3 Å². The van der Waals surface area contributed by atoms with Crippen LogP contribution in [0.4, 0.5) is 5.69 Å². The van der Waals surface area contributed by atoms with E-state index in [4.69, 9.17) is 11.6 Å². The highest BCUT2D eigenvalue weighted by Crippen LogP contribution is 2.25. The van der Waals surface area contributed by atoms with Crippen molar-refractivity contribution in [1.82, 2.24) is 19.4 Å². The van der Waals surface area contributed by atoms with Crippen molar-refractivity contribution >= 4 is 29.1 Å². The lowest BCUT2D eigenvalue weighted by Crippen LogP contribution is -2.41. The highest BCUT2D eigenvalue weighted by Gasteiger charge is 2.29. The average Bonchev–Trinajstić information content (AvgIpc) is 3.10. The van der Waals surface area contributed by atoms with Crippen LogP contribution in [0.5, 0.6) is 0 Å². The second kappa shape index (κ2) is 8.39. The fraction of sp³-hybridized carbons (Fsp3) is 0.381. The lowest BCUT2D eigenvalue weighted by molar-refractivity contribution is -0.128. The van der Waals surface area contributed by atoms with Gasteiger partial charge < -0.3 is 14.8 Å². The van der Waals surface area contributed by atoms with Gasteiger partial charge in [-0.2, -0.15) is 0 Å². The molecule has 1 aromatic carbocycles. The Bertz CT molecular complexity index is 950. The molecule has 1 aromatic heterocycles. The number of hydrogen-bond acceptors (Lipinski definition) is 4. The van der Waals surface area contributed by atoms with Gasteiger partial charge in [0.1, 0.15) is 11.5 Å². The third kappa shape index (κ3) is 4.21. The molecule has 0 unspecified atom stereocenters. The first-order chi connectivity index (χ1) is 14.0. The van der Waals surface area contributed by atoms with Crippen LogP contribution in [-0.4, -0.2) is 57.3 Å². The number of nitrogens with zero attached hydrogens (tertiary/aromatic N) is 4. The molecule has 0 bridgehead atoms. The predicted octanol–water partition coefficient (Wildman–Crippen LogP) is 2.95. The minimum absolute atomic E-state index is 0.0197. The van der Waals surface area contributed by atoms with Crippen molar-refractivity contribution in [1.29, 1.82) is 0 Å². The number of halogens is 1. The number of aromatic nitrogens is 2. The molecule has 2 aliphatic rings. The molecule has 4 rings (SSSR count). The molecule has 3 heterocycles. The quantitative estimate of drug-likeness (QED) is 0.765. The van der Waals surface area contributed by atoms with E-state index in [2.05, 4.69) is 15.2 Å². The Morgan fingerprint density at radius 2 is 2.10 bits per heavy atom. The number of benzene rings is 1. The maximum absolute atomic E-state index is 12.8. The van der Waals surface area contributed by atoms with Crippen molar-refractivity contribution in [2.45, 2.75) is 25.9 Å². The molecule has 7 nitrogen and oxygen atoms in total. The molecule has 152 valence electrons. The van der Waals surface area contributed by atoms with Crippen molar-refractivity contribution in [3.63, 3.8) is 0 Å². The molecular weight excluding hydrogens is 390 g/mol. The number of anilines is 1. The van der Waals surface area contributed by atoms with Crippen LogP contribution in [0, 0.1) is 0 Å². The standard InChI is InChI=1S/C21H24ClN5O2/c1-15-13-26(20(28)8-4-9-25-10-5-11-25)14-19-23-12-18(27(15)19)21(29)24-17-7-3-2-6-16(17)22/h2-4,6-8,12,15H,5,9-11,13-14H2,1H3,(H,24,29)/b8-4+/t15-/m1/s1. The van der Waals surface area contributed by atoms with Crippen LogP contribution in [0.25, 0.3) is 0 Å². The van der Waals surface area contributed by atoms with E-state index in [0.717, 1.165) is 19.6 Å². The maximum atomic E-state index is 12.8. The summed E-state index contributed by atoms with van der Waals surface area (Å²) in [7, 11) is 0. The Balaban J connectivity index is 1.44. The van der Waals surface area contributed by atoms with E-state index in [9.17, 15) is 9.59 Å². The summed E-state index contributed by atoms with van der Waals surface area (Å²) in [4.78, 5) is 33.8. The first kappa shape index (κ1) is 19.7. The zero-order valence-corrected chi connectivity index (χ0v) is 17.1. The minimum atomic E-state index is -0.266. The van der Waals surface area contributed by atoms with Crippen molar-refractivity contribution in [2.75, 3.05) is 31.5 Å². The minimum Gasteiger partial charge on any atom is -0.330 e. The van der Waals surface area contributed by atoms with Gasteiger partial charge in [0.15, 0.2) is 0 Å². The smallest absolute Gasteiger partial charge is 0.273 e. The number of likely N-dealkylation sites (tertiary alicyclic amines) is 1. The summed E-state index contributed by atoms with van der Waals surface area (Å²) in [6, 6.07) is 7.05. The van der Waals surface area contributed by atoms with Crippen LogP contribution >= 0.6 is 11.6 Å². The Kier molecular flexibility index (Phi) is 5.69. The predicted molar refractivity (Wildman–Crippen MR) is 112 cm³/mol. The molecule has 1 saturated heterocycles. The maximum Gasteiger partial charge on any atom is 0.273 e. The lowest BCUT2D eigenvalue weighted by Gasteiger charge is -2.33. The fourth-order valence-electron chi connectivity index (χ4n) is 3.70. The van der Waals surface area contributed by atoms with Gasteiger partial charge in [-0.05, 0) is 38.6 Å². The Labute approximate surface area is 175 Å². The van der Waals surface area contributed by atoms with E-state index in [1.807, 2.05) is 29.7 Å². The van der Waals surface area contributed by atoms with E-state index >= 15 is 0 Å². The van der Waals surface area contributed by atoms with Crippen LogP contribution in [0.2, 0.25) is 5.02 Å². The van der Waals surface area contributed by atoms with Gasteiger partial charge in [-0.1, -0.05) is 29.8 Å². The molecule has 29 heavy (non-hydrogen) atoms. The van der Waals surface area contributed by atoms with Gasteiger partial charge in [0.2, 0.25) is 5.91 Å². The molecule has 2 aromatic rings. The molecule has 0 radical (unpaired) electrons. The van der Waals surface area contributed by atoms with Gasteiger partial charge in [0, 0.05) is 19.2 Å². The lowest BCUT2D eigenvalue weighted by atomic mass is 10.2. The van der Waals surface area contributed by atoms with Crippen LogP contribution < -0.4 is 5.32 Å². The molecule has 2 aliphatic heterocycles. The summed E-state index contributed by atoms with van der Waals surface area (Å²) in [6.45, 7) is 5.93. The second-order valence-electron chi connectivity index (χ2n) is 7.49. The third-order valence-electron chi connectivity index (χ3n) is 5.37. The number of carbonyl (C=O) groups excluding carboxylic acids is 2. The number of amides is 2. The number of rotatable bonds is 5.